The highest BCUT2D eigenvalue weighted by Gasteiger charge is 2.33. The van der Waals surface area contributed by atoms with E-state index in [1.54, 1.807) is 0 Å². The minimum atomic E-state index is 0.722. The van der Waals surface area contributed by atoms with Gasteiger partial charge in [0.1, 0.15) is 0 Å². The van der Waals surface area contributed by atoms with Gasteiger partial charge in [-0.3, -0.25) is 4.90 Å². The number of hydrogen-bond acceptors (Lipinski definition) is 3. The lowest BCUT2D eigenvalue weighted by atomic mass is 9.93. The molecule has 3 aliphatic rings. The van der Waals surface area contributed by atoms with E-state index in [9.17, 15) is 0 Å². The Morgan fingerprint density at radius 1 is 0.810 bits per heavy atom. The van der Waals surface area contributed by atoms with Crippen molar-refractivity contribution in [2.45, 2.75) is 52.0 Å². The van der Waals surface area contributed by atoms with Crippen molar-refractivity contribution in [2.24, 2.45) is 11.8 Å². The maximum Gasteiger partial charge on any atom is 0.0113 e. The molecule has 0 radical (unpaired) electrons. The third-order valence-corrected chi connectivity index (χ3v) is 5.92. The molecule has 3 heteroatoms. The molecule has 0 spiro atoms. The normalized spacial score (nSPS) is 30.1. The fourth-order valence-corrected chi connectivity index (χ4v) is 4.27. The molecule has 0 bridgehead atoms. The summed E-state index contributed by atoms with van der Waals surface area (Å²) in [6.45, 7) is 15.2. The Bertz CT molecular complexity index is 306. The average Bonchev–Trinajstić information content (AvgIpc) is 3.33. The van der Waals surface area contributed by atoms with Crippen LogP contribution < -0.4 is 0 Å². The van der Waals surface area contributed by atoms with Crippen molar-refractivity contribution in [1.82, 2.24) is 14.7 Å². The van der Waals surface area contributed by atoms with E-state index >= 15 is 0 Å². The Balaban J connectivity index is 1.29. The zero-order chi connectivity index (χ0) is 14.7. The first-order valence-corrected chi connectivity index (χ1v) is 9.41. The van der Waals surface area contributed by atoms with Crippen molar-refractivity contribution in [3.8, 4) is 0 Å². The van der Waals surface area contributed by atoms with Crippen molar-refractivity contribution in [1.29, 1.82) is 0 Å². The molecule has 21 heavy (non-hydrogen) atoms. The second-order valence-electron chi connectivity index (χ2n) is 7.87. The van der Waals surface area contributed by atoms with Crippen LogP contribution in [0.25, 0.3) is 0 Å². The van der Waals surface area contributed by atoms with E-state index in [0.717, 1.165) is 17.9 Å². The number of piperidine rings is 1. The Morgan fingerprint density at radius 2 is 1.52 bits per heavy atom. The summed E-state index contributed by atoms with van der Waals surface area (Å²) in [5.41, 5.74) is 0. The molecule has 2 aliphatic heterocycles. The zero-order valence-electron chi connectivity index (χ0n) is 14.3. The average molecular weight is 293 g/mol. The van der Waals surface area contributed by atoms with Crippen molar-refractivity contribution in [3.05, 3.63) is 0 Å². The third-order valence-electron chi connectivity index (χ3n) is 5.92. The molecule has 122 valence electrons. The molecule has 0 aromatic rings. The maximum absolute atomic E-state index is 2.76. The molecule has 0 N–H and O–H groups in total. The van der Waals surface area contributed by atoms with Crippen molar-refractivity contribution in [2.75, 3.05) is 52.4 Å². The SMILES string of the molecule is CC(C)N1CCN(CCCN2CCCC(C3CC3)C2)CC1. The molecule has 0 aromatic carbocycles. The number of nitrogens with zero attached hydrogens (tertiary/aromatic N) is 3. The van der Waals surface area contributed by atoms with Crippen LogP contribution in [0.15, 0.2) is 0 Å². The van der Waals surface area contributed by atoms with E-state index in [2.05, 4.69) is 28.5 Å². The Labute approximate surface area is 131 Å². The lowest BCUT2D eigenvalue weighted by molar-refractivity contribution is 0.100. The Kier molecular flexibility index (Phi) is 5.58. The monoisotopic (exact) mass is 293 g/mol. The van der Waals surface area contributed by atoms with E-state index in [0.29, 0.717) is 0 Å². The number of hydrogen-bond donors (Lipinski definition) is 0. The number of piperazine rings is 1. The van der Waals surface area contributed by atoms with Gasteiger partial charge in [0.05, 0.1) is 0 Å². The molecular formula is C18H35N3. The molecule has 1 atom stereocenters. The fourth-order valence-electron chi connectivity index (χ4n) is 4.27. The van der Waals surface area contributed by atoms with Gasteiger partial charge in [-0.1, -0.05) is 0 Å². The minimum absolute atomic E-state index is 0.722. The van der Waals surface area contributed by atoms with Crippen LogP contribution in [-0.2, 0) is 0 Å². The van der Waals surface area contributed by atoms with Crippen LogP contribution in [0.3, 0.4) is 0 Å². The highest BCUT2D eigenvalue weighted by atomic mass is 15.3. The second kappa shape index (κ2) is 7.43. The van der Waals surface area contributed by atoms with Crippen molar-refractivity contribution < 1.29 is 0 Å². The quantitative estimate of drug-likeness (QED) is 0.745. The summed E-state index contributed by atoms with van der Waals surface area (Å²) >= 11 is 0. The first-order chi connectivity index (χ1) is 10.2. The van der Waals surface area contributed by atoms with Gasteiger partial charge in [-0.05, 0) is 77.4 Å². The fraction of sp³-hybridized carbons (Fsp3) is 1.00. The standard InChI is InChI=1S/C18H35N3/c1-16(2)21-13-11-19(12-14-21)9-4-10-20-8-3-5-18(15-20)17-6-7-17/h16-18H,3-15H2,1-2H3. The number of rotatable bonds is 6. The van der Waals surface area contributed by atoms with Gasteiger partial charge in [0.15, 0.2) is 0 Å². The molecule has 3 rings (SSSR count). The topological polar surface area (TPSA) is 9.72 Å². The van der Waals surface area contributed by atoms with Gasteiger partial charge in [-0.2, -0.15) is 0 Å². The first kappa shape index (κ1) is 15.8. The van der Waals surface area contributed by atoms with Crippen LogP contribution in [0.4, 0.5) is 0 Å². The van der Waals surface area contributed by atoms with E-state index in [4.69, 9.17) is 0 Å². The molecule has 0 aromatic heterocycles. The predicted octanol–water partition coefficient (Wildman–Crippen LogP) is 2.52. The van der Waals surface area contributed by atoms with Crippen molar-refractivity contribution >= 4 is 0 Å². The maximum atomic E-state index is 2.76. The molecule has 1 aliphatic carbocycles. The zero-order valence-corrected chi connectivity index (χ0v) is 14.3. The molecule has 2 saturated heterocycles. The summed E-state index contributed by atoms with van der Waals surface area (Å²) in [5.74, 6) is 2.16. The summed E-state index contributed by atoms with van der Waals surface area (Å²) < 4.78 is 0. The lowest BCUT2D eigenvalue weighted by Gasteiger charge is -2.37. The van der Waals surface area contributed by atoms with Gasteiger partial charge in [-0.25, -0.2) is 0 Å². The van der Waals surface area contributed by atoms with E-state index in [1.165, 1.54) is 84.5 Å². The smallest absolute Gasteiger partial charge is 0.0113 e. The van der Waals surface area contributed by atoms with E-state index in [-0.39, 0.29) is 0 Å². The molecular weight excluding hydrogens is 258 g/mol. The van der Waals surface area contributed by atoms with Gasteiger partial charge in [0, 0.05) is 38.8 Å². The largest absolute Gasteiger partial charge is 0.303 e. The molecule has 1 unspecified atom stereocenters. The summed E-state index contributed by atoms with van der Waals surface area (Å²) in [7, 11) is 0. The third kappa shape index (κ3) is 4.67. The predicted molar refractivity (Wildman–Crippen MR) is 89.7 cm³/mol. The molecule has 3 nitrogen and oxygen atoms in total. The van der Waals surface area contributed by atoms with Gasteiger partial charge >= 0.3 is 0 Å². The summed E-state index contributed by atoms with van der Waals surface area (Å²) in [6, 6.07) is 0.722. The highest BCUT2D eigenvalue weighted by molar-refractivity contribution is 4.86. The Morgan fingerprint density at radius 3 is 2.19 bits per heavy atom. The Hall–Kier alpha value is -0.120. The van der Waals surface area contributed by atoms with E-state index < -0.39 is 0 Å². The van der Waals surface area contributed by atoms with Crippen LogP contribution >= 0.6 is 0 Å². The van der Waals surface area contributed by atoms with Crippen LogP contribution in [-0.4, -0.2) is 73.1 Å². The van der Waals surface area contributed by atoms with Crippen LogP contribution in [0.1, 0.15) is 46.0 Å². The second-order valence-corrected chi connectivity index (χ2v) is 7.87. The van der Waals surface area contributed by atoms with Crippen LogP contribution in [0.2, 0.25) is 0 Å². The molecule has 0 amide bonds. The van der Waals surface area contributed by atoms with Gasteiger partial charge < -0.3 is 9.80 Å². The lowest BCUT2D eigenvalue weighted by Crippen LogP contribution is -2.49. The minimum Gasteiger partial charge on any atom is -0.303 e. The highest BCUT2D eigenvalue weighted by Crippen LogP contribution is 2.40. The van der Waals surface area contributed by atoms with Crippen molar-refractivity contribution in [3.63, 3.8) is 0 Å². The van der Waals surface area contributed by atoms with Gasteiger partial charge in [0.25, 0.3) is 0 Å². The molecule has 3 fully saturated rings. The summed E-state index contributed by atoms with van der Waals surface area (Å²) in [4.78, 5) is 8.05. The summed E-state index contributed by atoms with van der Waals surface area (Å²) in [5, 5.41) is 0. The molecule has 2 heterocycles. The van der Waals surface area contributed by atoms with Crippen LogP contribution in [0, 0.1) is 11.8 Å². The van der Waals surface area contributed by atoms with Gasteiger partial charge in [0.2, 0.25) is 0 Å². The molecule has 1 saturated carbocycles. The van der Waals surface area contributed by atoms with Crippen LogP contribution in [0.5, 0.6) is 0 Å². The number of likely N-dealkylation sites (tertiary alicyclic amines) is 1. The summed E-state index contributed by atoms with van der Waals surface area (Å²) in [6.07, 6.45) is 7.39. The van der Waals surface area contributed by atoms with Gasteiger partial charge in [-0.15, -0.1) is 0 Å². The first-order valence-electron chi connectivity index (χ1n) is 9.41. The van der Waals surface area contributed by atoms with E-state index in [1.807, 2.05) is 0 Å².